The first kappa shape index (κ1) is 19.3. The van der Waals surface area contributed by atoms with Crippen LogP contribution < -0.4 is 4.74 Å². The highest BCUT2D eigenvalue weighted by atomic mass is 35.5. The summed E-state index contributed by atoms with van der Waals surface area (Å²) in [4.78, 5) is 20.5. The maximum absolute atomic E-state index is 12.8. The number of carbonyl (C=O) groups is 1. The zero-order valence-electron chi connectivity index (χ0n) is 15.2. The molecule has 0 radical (unpaired) electrons. The third kappa shape index (κ3) is 4.51. The standard InChI is InChI=1S/C19H19ClN4O2S2/c1-12(18(25)24-8-6-16-13(10-24)7-9-27-16)28-19-21-17(22-23-19)11-26-15-4-2-14(20)3-5-15/h2-5,7,9,12H,6,8,10-11H2,1H3,(H,21,22,23). The van der Waals surface area contributed by atoms with Crippen molar-refractivity contribution in [2.24, 2.45) is 0 Å². The molecule has 0 fully saturated rings. The monoisotopic (exact) mass is 434 g/mol. The van der Waals surface area contributed by atoms with Crippen LogP contribution in [0.3, 0.4) is 0 Å². The summed E-state index contributed by atoms with van der Waals surface area (Å²) < 4.78 is 5.66. The van der Waals surface area contributed by atoms with Crippen molar-refractivity contribution >= 4 is 40.6 Å². The molecule has 0 bridgehead atoms. The molecule has 4 rings (SSSR count). The van der Waals surface area contributed by atoms with Crippen LogP contribution in [0.1, 0.15) is 23.2 Å². The number of carbonyl (C=O) groups excluding carboxylic acids is 1. The fourth-order valence-corrected chi connectivity index (χ4v) is 4.82. The Bertz CT molecular complexity index is 957. The topological polar surface area (TPSA) is 71.1 Å². The minimum atomic E-state index is -0.249. The highest BCUT2D eigenvalue weighted by Crippen LogP contribution is 2.27. The van der Waals surface area contributed by atoms with Crippen molar-refractivity contribution in [1.29, 1.82) is 0 Å². The largest absolute Gasteiger partial charge is 0.486 e. The molecule has 3 aromatic rings. The van der Waals surface area contributed by atoms with Gasteiger partial charge in [-0.25, -0.2) is 4.98 Å². The van der Waals surface area contributed by atoms with Crippen molar-refractivity contribution < 1.29 is 9.53 Å². The first-order valence-electron chi connectivity index (χ1n) is 8.89. The van der Waals surface area contributed by atoms with E-state index in [-0.39, 0.29) is 17.8 Å². The van der Waals surface area contributed by atoms with Gasteiger partial charge >= 0.3 is 0 Å². The van der Waals surface area contributed by atoms with E-state index in [2.05, 4.69) is 26.6 Å². The average Bonchev–Trinajstić information content (AvgIpc) is 3.35. The van der Waals surface area contributed by atoms with Gasteiger partial charge in [-0.05, 0) is 54.6 Å². The van der Waals surface area contributed by atoms with Gasteiger partial charge in [-0.1, -0.05) is 23.4 Å². The number of hydrogen-bond donors (Lipinski definition) is 1. The van der Waals surface area contributed by atoms with Gasteiger partial charge < -0.3 is 9.64 Å². The maximum atomic E-state index is 12.8. The number of H-pyrrole nitrogens is 1. The number of rotatable bonds is 6. The molecule has 2 aromatic heterocycles. The Balaban J connectivity index is 1.30. The molecule has 1 unspecified atom stereocenters. The second-order valence-corrected chi connectivity index (χ2v) is 9.19. The second kappa shape index (κ2) is 8.55. The number of aromatic nitrogens is 3. The Kier molecular flexibility index (Phi) is 5.89. The van der Waals surface area contributed by atoms with Gasteiger partial charge in [0.05, 0.1) is 5.25 Å². The van der Waals surface area contributed by atoms with E-state index in [9.17, 15) is 4.79 Å². The van der Waals surface area contributed by atoms with Crippen molar-refractivity contribution in [3.63, 3.8) is 0 Å². The molecule has 0 saturated carbocycles. The summed E-state index contributed by atoms with van der Waals surface area (Å²) in [6, 6.07) is 9.25. The van der Waals surface area contributed by atoms with Gasteiger partial charge in [-0.3, -0.25) is 9.89 Å². The number of aromatic amines is 1. The van der Waals surface area contributed by atoms with E-state index in [0.29, 0.717) is 28.3 Å². The van der Waals surface area contributed by atoms with Gasteiger partial charge in [0, 0.05) is 23.0 Å². The van der Waals surface area contributed by atoms with Crippen LogP contribution in [0.4, 0.5) is 0 Å². The number of amides is 1. The molecule has 146 valence electrons. The molecule has 1 aliphatic rings. The molecule has 3 heterocycles. The van der Waals surface area contributed by atoms with Crippen molar-refractivity contribution in [1.82, 2.24) is 20.1 Å². The predicted molar refractivity (Wildman–Crippen MR) is 111 cm³/mol. The van der Waals surface area contributed by atoms with Crippen LogP contribution in [-0.4, -0.2) is 37.8 Å². The number of ether oxygens (including phenoxy) is 1. The Morgan fingerprint density at radius 2 is 2.21 bits per heavy atom. The summed E-state index contributed by atoms with van der Waals surface area (Å²) >= 11 is 8.99. The smallest absolute Gasteiger partial charge is 0.236 e. The SMILES string of the molecule is CC(Sc1n[nH]c(COc2ccc(Cl)cc2)n1)C(=O)N1CCc2sccc2C1. The molecule has 1 N–H and O–H groups in total. The Morgan fingerprint density at radius 3 is 3.04 bits per heavy atom. The fourth-order valence-electron chi connectivity index (χ4n) is 2.98. The molecule has 28 heavy (non-hydrogen) atoms. The fraction of sp³-hybridized carbons (Fsp3) is 0.316. The van der Waals surface area contributed by atoms with Gasteiger partial charge in [0.1, 0.15) is 12.4 Å². The molecule has 0 saturated heterocycles. The van der Waals surface area contributed by atoms with E-state index >= 15 is 0 Å². The minimum Gasteiger partial charge on any atom is -0.486 e. The van der Waals surface area contributed by atoms with Gasteiger partial charge in [-0.2, -0.15) is 0 Å². The summed E-state index contributed by atoms with van der Waals surface area (Å²) in [6.07, 6.45) is 0.933. The quantitative estimate of drug-likeness (QED) is 0.589. The maximum Gasteiger partial charge on any atom is 0.236 e. The minimum absolute atomic E-state index is 0.116. The van der Waals surface area contributed by atoms with Crippen molar-refractivity contribution in [3.8, 4) is 5.75 Å². The van der Waals surface area contributed by atoms with Crippen molar-refractivity contribution in [2.75, 3.05) is 6.54 Å². The first-order chi connectivity index (χ1) is 13.6. The Hall–Kier alpha value is -2.03. The van der Waals surface area contributed by atoms with Crippen LogP contribution in [-0.2, 0) is 24.4 Å². The number of nitrogens with one attached hydrogen (secondary N) is 1. The molecule has 1 aliphatic heterocycles. The highest BCUT2D eigenvalue weighted by molar-refractivity contribution is 8.00. The Labute approximate surface area is 176 Å². The second-order valence-electron chi connectivity index (χ2n) is 6.45. The molecule has 9 heteroatoms. The van der Waals surface area contributed by atoms with E-state index in [1.165, 1.54) is 22.2 Å². The summed E-state index contributed by atoms with van der Waals surface area (Å²) in [5, 5.41) is 10.1. The molecule has 1 aromatic carbocycles. The summed E-state index contributed by atoms with van der Waals surface area (Å²) in [6.45, 7) is 3.63. The number of thiophene rings is 1. The van der Waals surface area contributed by atoms with Crippen LogP contribution in [0, 0.1) is 0 Å². The molecular formula is C19H19ClN4O2S2. The number of halogens is 1. The third-order valence-electron chi connectivity index (χ3n) is 4.45. The van der Waals surface area contributed by atoms with Crippen LogP contribution in [0.15, 0.2) is 40.9 Å². The first-order valence-corrected chi connectivity index (χ1v) is 11.0. The predicted octanol–water partition coefficient (Wildman–Crippen LogP) is 4.16. The third-order valence-corrected chi connectivity index (χ3v) is 6.67. The number of benzene rings is 1. The van der Waals surface area contributed by atoms with Crippen LogP contribution in [0.25, 0.3) is 0 Å². The summed E-state index contributed by atoms with van der Waals surface area (Å²) in [5.41, 5.74) is 1.27. The normalized spacial score (nSPS) is 14.6. The lowest BCUT2D eigenvalue weighted by molar-refractivity contribution is -0.131. The molecule has 0 spiro atoms. The van der Waals surface area contributed by atoms with Gasteiger partial charge in [0.2, 0.25) is 11.1 Å². The number of thioether (sulfide) groups is 1. The molecule has 6 nitrogen and oxygen atoms in total. The zero-order valence-corrected chi connectivity index (χ0v) is 17.6. The molecule has 1 amide bonds. The van der Waals surface area contributed by atoms with Crippen molar-refractivity contribution in [2.45, 2.75) is 36.9 Å². The average molecular weight is 435 g/mol. The van der Waals surface area contributed by atoms with Crippen LogP contribution in [0.5, 0.6) is 5.75 Å². The van der Waals surface area contributed by atoms with E-state index in [0.717, 1.165) is 13.0 Å². The van der Waals surface area contributed by atoms with Crippen LogP contribution >= 0.6 is 34.7 Å². The zero-order chi connectivity index (χ0) is 19.5. The van der Waals surface area contributed by atoms with E-state index < -0.39 is 0 Å². The van der Waals surface area contributed by atoms with Gasteiger partial charge in [0.15, 0.2) is 5.82 Å². The van der Waals surface area contributed by atoms with E-state index in [1.54, 1.807) is 35.6 Å². The van der Waals surface area contributed by atoms with Crippen molar-refractivity contribution in [3.05, 3.63) is 57.0 Å². The number of hydrogen-bond acceptors (Lipinski definition) is 6. The van der Waals surface area contributed by atoms with Crippen LogP contribution in [0.2, 0.25) is 5.02 Å². The lowest BCUT2D eigenvalue weighted by atomic mass is 10.1. The molecular weight excluding hydrogens is 416 g/mol. The van der Waals surface area contributed by atoms with E-state index in [1.807, 2.05) is 11.8 Å². The summed E-state index contributed by atoms with van der Waals surface area (Å²) in [7, 11) is 0. The highest BCUT2D eigenvalue weighted by Gasteiger charge is 2.26. The molecule has 0 aliphatic carbocycles. The lowest BCUT2D eigenvalue weighted by Gasteiger charge is -2.28. The van der Waals surface area contributed by atoms with Gasteiger partial charge in [0.25, 0.3) is 0 Å². The molecule has 1 atom stereocenters. The lowest BCUT2D eigenvalue weighted by Crippen LogP contribution is -2.39. The van der Waals surface area contributed by atoms with E-state index in [4.69, 9.17) is 16.3 Å². The number of nitrogens with zero attached hydrogens (tertiary/aromatic N) is 3. The summed E-state index contributed by atoms with van der Waals surface area (Å²) in [5.74, 6) is 1.43. The Morgan fingerprint density at radius 1 is 1.39 bits per heavy atom. The van der Waals surface area contributed by atoms with Gasteiger partial charge in [-0.15, -0.1) is 16.4 Å². The number of fused-ring (bicyclic) bond motifs is 1.